The average molecular weight is 195 g/mol. The number of hydrogen-bond donors (Lipinski definition) is 1. The first-order valence-electron chi connectivity index (χ1n) is 5.77. The minimum atomic E-state index is 0.629. The van der Waals surface area contributed by atoms with Crippen molar-refractivity contribution in [2.75, 3.05) is 20.1 Å². The number of aliphatic imine (C=N–C) groups is 1. The summed E-state index contributed by atoms with van der Waals surface area (Å²) >= 11 is 0. The Kier molecular flexibility index (Phi) is 3.06. The highest BCUT2D eigenvalue weighted by molar-refractivity contribution is 5.84. The molecule has 1 aliphatic carbocycles. The second-order valence-electron chi connectivity index (χ2n) is 4.67. The van der Waals surface area contributed by atoms with Crippen molar-refractivity contribution in [1.82, 2.24) is 4.90 Å². The van der Waals surface area contributed by atoms with E-state index in [0.717, 1.165) is 12.4 Å². The Morgan fingerprint density at radius 3 is 2.79 bits per heavy atom. The minimum absolute atomic E-state index is 0.629. The lowest BCUT2D eigenvalue weighted by atomic mass is 10.0. The lowest BCUT2D eigenvalue weighted by Gasteiger charge is -2.31. The van der Waals surface area contributed by atoms with Gasteiger partial charge in [0.15, 0.2) is 0 Å². The van der Waals surface area contributed by atoms with E-state index in [0.29, 0.717) is 12.0 Å². The number of nitrogens with zero attached hydrogens (tertiary/aromatic N) is 2. The molecule has 1 unspecified atom stereocenters. The van der Waals surface area contributed by atoms with Crippen molar-refractivity contribution in [2.24, 2.45) is 16.6 Å². The van der Waals surface area contributed by atoms with Gasteiger partial charge in [-0.2, -0.15) is 0 Å². The predicted molar refractivity (Wildman–Crippen MR) is 59.5 cm³/mol. The third kappa shape index (κ3) is 2.47. The van der Waals surface area contributed by atoms with Crippen LogP contribution in [0.2, 0.25) is 0 Å². The molecule has 3 heteroatoms. The zero-order chi connectivity index (χ0) is 9.97. The van der Waals surface area contributed by atoms with Gasteiger partial charge >= 0.3 is 0 Å². The van der Waals surface area contributed by atoms with Gasteiger partial charge in [0.05, 0.1) is 12.4 Å². The molecule has 0 aromatic rings. The molecule has 1 atom stereocenters. The number of amidine groups is 1. The van der Waals surface area contributed by atoms with Gasteiger partial charge in [0.1, 0.15) is 0 Å². The first-order valence-corrected chi connectivity index (χ1v) is 5.77. The topological polar surface area (TPSA) is 41.6 Å². The Labute approximate surface area is 86.4 Å². The summed E-state index contributed by atoms with van der Waals surface area (Å²) in [4.78, 5) is 6.94. The average Bonchev–Trinajstić information content (AvgIpc) is 2.99. The van der Waals surface area contributed by atoms with E-state index in [-0.39, 0.29) is 0 Å². The molecule has 80 valence electrons. The van der Waals surface area contributed by atoms with Gasteiger partial charge in [-0.15, -0.1) is 0 Å². The summed E-state index contributed by atoms with van der Waals surface area (Å²) in [5.41, 5.74) is 5.87. The molecule has 3 nitrogen and oxygen atoms in total. The number of likely N-dealkylation sites (N-methyl/N-ethyl adjacent to an activating group) is 1. The molecule has 1 saturated carbocycles. The van der Waals surface area contributed by atoms with Crippen LogP contribution in [0.1, 0.15) is 32.1 Å². The van der Waals surface area contributed by atoms with Gasteiger partial charge in [-0.25, -0.2) is 0 Å². The van der Waals surface area contributed by atoms with Crippen molar-refractivity contribution in [3.63, 3.8) is 0 Å². The summed E-state index contributed by atoms with van der Waals surface area (Å²) in [6.07, 6.45) is 6.51. The molecule has 0 aromatic heterocycles. The van der Waals surface area contributed by atoms with Crippen LogP contribution >= 0.6 is 0 Å². The van der Waals surface area contributed by atoms with E-state index in [1.807, 2.05) is 0 Å². The summed E-state index contributed by atoms with van der Waals surface area (Å²) < 4.78 is 0. The van der Waals surface area contributed by atoms with E-state index in [1.165, 1.54) is 38.6 Å². The molecule has 1 aliphatic heterocycles. The SMILES string of the molecule is CN1CCCCC1CN=C(N)C1CC1. The van der Waals surface area contributed by atoms with Crippen LogP contribution in [0.25, 0.3) is 0 Å². The van der Waals surface area contributed by atoms with Gasteiger partial charge in [0.2, 0.25) is 0 Å². The molecule has 2 rings (SSSR count). The standard InChI is InChI=1S/C11H21N3/c1-14-7-3-2-4-10(14)8-13-11(12)9-5-6-9/h9-10H,2-8H2,1H3,(H2,12,13). The normalized spacial score (nSPS) is 30.6. The van der Waals surface area contributed by atoms with Gasteiger partial charge in [0, 0.05) is 12.0 Å². The van der Waals surface area contributed by atoms with E-state index in [9.17, 15) is 0 Å². The molecule has 0 bridgehead atoms. The summed E-state index contributed by atoms with van der Waals surface area (Å²) in [6, 6.07) is 0.640. The van der Waals surface area contributed by atoms with Crippen molar-refractivity contribution in [1.29, 1.82) is 0 Å². The second-order valence-corrected chi connectivity index (χ2v) is 4.67. The van der Waals surface area contributed by atoms with Gasteiger partial charge in [-0.1, -0.05) is 6.42 Å². The third-order valence-corrected chi connectivity index (χ3v) is 3.40. The van der Waals surface area contributed by atoms with Crippen molar-refractivity contribution < 1.29 is 0 Å². The Morgan fingerprint density at radius 2 is 2.14 bits per heavy atom. The highest BCUT2D eigenvalue weighted by Crippen LogP contribution is 2.28. The third-order valence-electron chi connectivity index (χ3n) is 3.40. The number of hydrogen-bond acceptors (Lipinski definition) is 2. The van der Waals surface area contributed by atoms with Gasteiger partial charge in [-0.05, 0) is 39.3 Å². The molecule has 1 heterocycles. The Hall–Kier alpha value is -0.570. The van der Waals surface area contributed by atoms with E-state index < -0.39 is 0 Å². The number of rotatable bonds is 3. The quantitative estimate of drug-likeness (QED) is 0.544. The maximum absolute atomic E-state index is 5.87. The number of nitrogens with two attached hydrogens (primary N) is 1. The van der Waals surface area contributed by atoms with Crippen LogP contribution in [-0.2, 0) is 0 Å². The van der Waals surface area contributed by atoms with Crippen LogP contribution in [0.4, 0.5) is 0 Å². The first kappa shape index (κ1) is 9.97. The Morgan fingerprint density at radius 1 is 1.36 bits per heavy atom. The van der Waals surface area contributed by atoms with Gasteiger partial charge < -0.3 is 10.6 Å². The summed E-state index contributed by atoms with van der Waals surface area (Å²) in [6.45, 7) is 2.14. The molecule has 2 fully saturated rings. The molecule has 0 aromatic carbocycles. The molecule has 1 saturated heterocycles. The van der Waals surface area contributed by atoms with E-state index in [2.05, 4.69) is 16.9 Å². The van der Waals surface area contributed by atoms with Crippen LogP contribution < -0.4 is 5.73 Å². The molecular formula is C11H21N3. The fourth-order valence-corrected chi connectivity index (χ4v) is 2.09. The fraction of sp³-hybridized carbons (Fsp3) is 0.909. The lowest BCUT2D eigenvalue weighted by Crippen LogP contribution is -2.38. The van der Waals surface area contributed by atoms with Crippen LogP contribution in [0.3, 0.4) is 0 Å². The van der Waals surface area contributed by atoms with Gasteiger partial charge in [0.25, 0.3) is 0 Å². The van der Waals surface area contributed by atoms with Crippen molar-refractivity contribution in [3.05, 3.63) is 0 Å². The van der Waals surface area contributed by atoms with Crippen molar-refractivity contribution in [2.45, 2.75) is 38.1 Å². The maximum Gasteiger partial charge on any atom is 0.0969 e. The molecule has 14 heavy (non-hydrogen) atoms. The lowest BCUT2D eigenvalue weighted by molar-refractivity contribution is 0.191. The van der Waals surface area contributed by atoms with Crippen molar-refractivity contribution in [3.8, 4) is 0 Å². The summed E-state index contributed by atoms with van der Waals surface area (Å²) in [5, 5.41) is 0. The molecule has 0 radical (unpaired) electrons. The largest absolute Gasteiger partial charge is 0.387 e. The van der Waals surface area contributed by atoms with E-state index >= 15 is 0 Å². The zero-order valence-corrected chi connectivity index (χ0v) is 9.08. The fourth-order valence-electron chi connectivity index (χ4n) is 2.09. The molecule has 2 aliphatic rings. The molecule has 0 spiro atoms. The first-order chi connectivity index (χ1) is 6.77. The predicted octanol–water partition coefficient (Wildman–Crippen LogP) is 1.24. The highest BCUT2D eigenvalue weighted by atomic mass is 15.1. The summed E-state index contributed by atoms with van der Waals surface area (Å²) in [7, 11) is 2.20. The number of likely N-dealkylation sites (tertiary alicyclic amines) is 1. The molecular weight excluding hydrogens is 174 g/mol. The van der Waals surface area contributed by atoms with E-state index in [1.54, 1.807) is 0 Å². The van der Waals surface area contributed by atoms with Gasteiger partial charge in [-0.3, -0.25) is 4.99 Å². The second kappa shape index (κ2) is 4.30. The molecule has 0 amide bonds. The summed E-state index contributed by atoms with van der Waals surface area (Å²) in [5.74, 6) is 1.54. The maximum atomic E-state index is 5.87. The highest BCUT2D eigenvalue weighted by Gasteiger charge is 2.26. The van der Waals surface area contributed by atoms with E-state index in [4.69, 9.17) is 5.73 Å². The Bertz CT molecular complexity index is 221. The zero-order valence-electron chi connectivity index (χ0n) is 9.08. The van der Waals surface area contributed by atoms with Crippen LogP contribution in [0.5, 0.6) is 0 Å². The Balaban J connectivity index is 1.80. The smallest absolute Gasteiger partial charge is 0.0969 e. The molecule has 2 N–H and O–H groups in total. The minimum Gasteiger partial charge on any atom is -0.387 e. The number of piperidine rings is 1. The van der Waals surface area contributed by atoms with Crippen LogP contribution in [-0.4, -0.2) is 36.9 Å². The van der Waals surface area contributed by atoms with Crippen LogP contribution in [0.15, 0.2) is 4.99 Å². The van der Waals surface area contributed by atoms with Crippen LogP contribution in [0, 0.1) is 5.92 Å². The van der Waals surface area contributed by atoms with Crippen molar-refractivity contribution >= 4 is 5.84 Å². The monoisotopic (exact) mass is 195 g/mol.